The number of nitrogens with one attached hydrogen (secondary N) is 1. The quantitative estimate of drug-likeness (QED) is 0.642. The van der Waals surface area contributed by atoms with Gasteiger partial charge in [-0.25, -0.2) is 0 Å². The van der Waals surface area contributed by atoms with Crippen LogP contribution in [0, 0.1) is 23.0 Å². The van der Waals surface area contributed by atoms with Crippen molar-refractivity contribution in [3.05, 3.63) is 32.8 Å². The van der Waals surface area contributed by atoms with E-state index in [0.29, 0.717) is 30.6 Å². The molecular formula is C15H17ClF3N3O3. The number of amides is 1. The number of hydrogen-bond acceptors (Lipinski definition) is 4. The van der Waals surface area contributed by atoms with Crippen molar-refractivity contribution in [2.24, 2.45) is 5.92 Å². The molecule has 1 aromatic rings. The summed E-state index contributed by atoms with van der Waals surface area (Å²) in [6.07, 6.45) is -3.37. The zero-order valence-corrected chi connectivity index (χ0v) is 14.2. The molecule has 2 rings (SSSR count). The molecule has 10 heteroatoms. The van der Waals surface area contributed by atoms with Crippen molar-refractivity contribution in [1.29, 1.82) is 0 Å². The normalized spacial score (nSPS) is 18.1. The minimum atomic E-state index is -4.46. The van der Waals surface area contributed by atoms with E-state index in [1.165, 1.54) is 6.07 Å². The van der Waals surface area contributed by atoms with Crippen LogP contribution < -0.4 is 10.2 Å². The number of halogens is 4. The van der Waals surface area contributed by atoms with Gasteiger partial charge in [0.05, 0.1) is 21.6 Å². The van der Waals surface area contributed by atoms with Gasteiger partial charge in [0.2, 0.25) is 5.91 Å². The molecule has 1 aliphatic rings. The van der Waals surface area contributed by atoms with Crippen molar-refractivity contribution < 1.29 is 22.9 Å². The van der Waals surface area contributed by atoms with Crippen LogP contribution in [0.5, 0.6) is 0 Å². The highest BCUT2D eigenvalue weighted by molar-refractivity contribution is 6.33. The first-order valence-corrected chi connectivity index (χ1v) is 8.00. The molecule has 6 nitrogen and oxygen atoms in total. The van der Waals surface area contributed by atoms with E-state index in [9.17, 15) is 28.1 Å². The van der Waals surface area contributed by atoms with E-state index < -0.39 is 29.5 Å². The molecule has 1 aromatic carbocycles. The van der Waals surface area contributed by atoms with Crippen molar-refractivity contribution in [2.75, 3.05) is 24.5 Å². The topological polar surface area (TPSA) is 75.5 Å². The van der Waals surface area contributed by atoms with Crippen molar-refractivity contribution in [3.63, 3.8) is 0 Å². The van der Waals surface area contributed by atoms with Crippen LogP contribution in [-0.4, -0.2) is 36.6 Å². The number of nitrogens with zero attached hydrogens (tertiary/aromatic N) is 2. The number of rotatable bonds is 4. The highest BCUT2D eigenvalue weighted by Gasteiger charge is 2.32. The molecular weight excluding hydrogens is 363 g/mol. The second kappa shape index (κ2) is 7.47. The first-order valence-electron chi connectivity index (χ1n) is 7.62. The smallest absolute Gasteiger partial charge is 0.370 e. The molecule has 1 amide bonds. The predicted octanol–water partition coefficient (Wildman–Crippen LogP) is 3.45. The van der Waals surface area contributed by atoms with Gasteiger partial charge in [-0.3, -0.25) is 14.9 Å². The van der Waals surface area contributed by atoms with E-state index in [-0.39, 0.29) is 17.3 Å². The number of carbonyl (C=O) groups excluding carboxylic acids is 1. The van der Waals surface area contributed by atoms with Gasteiger partial charge in [0.25, 0.3) is 5.69 Å². The van der Waals surface area contributed by atoms with Crippen LogP contribution in [0.3, 0.4) is 0 Å². The number of piperidine rings is 1. The average molecular weight is 380 g/mol. The van der Waals surface area contributed by atoms with E-state index in [2.05, 4.69) is 0 Å². The molecule has 1 fully saturated rings. The summed E-state index contributed by atoms with van der Waals surface area (Å²) in [6, 6.07) is 2.82. The fourth-order valence-electron chi connectivity index (χ4n) is 2.84. The molecule has 0 spiro atoms. The molecule has 1 atom stereocenters. The van der Waals surface area contributed by atoms with E-state index in [0.717, 1.165) is 0 Å². The Morgan fingerprint density at radius 1 is 1.48 bits per heavy atom. The Morgan fingerprint density at radius 2 is 2.16 bits per heavy atom. The number of nitro groups is 1. The highest BCUT2D eigenvalue weighted by atomic mass is 35.5. The van der Waals surface area contributed by atoms with Gasteiger partial charge in [-0.1, -0.05) is 11.6 Å². The minimum Gasteiger partial charge on any atom is -0.370 e. The SMILES string of the molecule is Cc1cc(N2CCCC(C(=O)NCC(F)(F)F)C2)c(Cl)cc1[N+](=O)[O-]. The number of anilines is 1. The van der Waals surface area contributed by atoms with Crippen molar-refractivity contribution in [2.45, 2.75) is 25.9 Å². The zero-order chi connectivity index (χ0) is 18.8. The second-order valence-electron chi connectivity index (χ2n) is 5.97. The summed E-state index contributed by atoms with van der Waals surface area (Å²) in [7, 11) is 0. The minimum absolute atomic E-state index is 0.106. The third-order valence-electron chi connectivity index (χ3n) is 4.06. The Bertz CT molecular complexity index is 682. The monoisotopic (exact) mass is 379 g/mol. The molecule has 0 bridgehead atoms. The number of alkyl halides is 3. The summed E-state index contributed by atoms with van der Waals surface area (Å²) in [6.45, 7) is 0.996. The number of hydrogen-bond donors (Lipinski definition) is 1. The summed E-state index contributed by atoms with van der Waals surface area (Å²) in [4.78, 5) is 24.1. The van der Waals surface area contributed by atoms with Gasteiger partial charge < -0.3 is 10.2 Å². The lowest BCUT2D eigenvalue weighted by atomic mass is 9.96. The lowest BCUT2D eigenvalue weighted by Gasteiger charge is -2.34. The second-order valence-corrected chi connectivity index (χ2v) is 6.37. The maximum Gasteiger partial charge on any atom is 0.405 e. The van der Waals surface area contributed by atoms with Gasteiger partial charge in [-0.15, -0.1) is 0 Å². The van der Waals surface area contributed by atoms with E-state index in [4.69, 9.17) is 11.6 Å². The zero-order valence-electron chi connectivity index (χ0n) is 13.4. The van der Waals surface area contributed by atoms with Gasteiger partial charge in [-0.2, -0.15) is 13.2 Å². The van der Waals surface area contributed by atoms with Gasteiger partial charge >= 0.3 is 6.18 Å². The first-order chi connectivity index (χ1) is 11.6. The van der Waals surface area contributed by atoms with E-state index in [1.807, 2.05) is 5.32 Å². The summed E-state index contributed by atoms with van der Waals surface area (Å²) in [5.41, 5.74) is 0.858. The summed E-state index contributed by atoms with van der Waals surface area (Å²) >= 11 is 6.13. The molecule has 1 saturated heterocycles. The first kappa shape index (κ1) is 19.3. The van der Waals surface area contributed by atoms with Crippen LogP contribution in [0.2, 0.25) is 5.02 Å². The molecule has 1 N–H and O–H groups in total. The molecule has 0 radical (unpaired) electrons. The van der Waals surface area contributed by atoms with Crippen molar-refractivity contribution in [3.8, 4) is 0 Å². The predicted molar refractivity (Wildman–Crippen MR) is 86.8 cm³/mol. The lowest BCUT2D eigenvalue weighted by Crippen LogP contribution is -2.45. The molecule has 0 saturated carbocycles. The van der Waals surface area contributed by atoms with Crippen LogP contribution >= 0.6 is 11.6 Å². The van der Waals surface area contributed by atoms with Crippen LogP contribution in [0.4, 0.5) is 24.5 Å². The lowest BCUT2D eigenvalue weighted by molar-refractivity contribution is -0.385. The molecule has 138 valence electrons. The Labute approximate surface area is 147 Å². The standard InChI is InChI=1S/C15H17ClF3N3O3/c1-9-5-13(11(16)6-12(9)22(24)25)21-4-2-3-10(7-21)14(23)20-8-15(17,18)19/h5-6,10H,2-4,7-8H2,1H3,(H,20,23). The van der Waals surface area contributed by atoms with E-state index >= 15 is 0 Å². The van der Waals surface area contributed by atoms with Crippen LogP contribution in [-0.2, 0) is 4.79 Å². The third-order valence-corrected chi connectivity index (χ3v) is 4.36. The van der Waals surface area contributed by atoms with Crippen molar-refractivity contribution >= 4 is 28.9 Å². The number of aryl methyl sites for hydroxylation is 1. The van der Waals surface area contributed by atoms with Crippen LogP contribution in [0.1, 0.15) is 18.4 Å². The number of benzene rings is 1. The Balaban J connectivity index is 2.12. The average Bonchev–Trinajstić information content (AvgIpc) is 2.53. The van der Waals surface area contributed by atoms with E-state index in [1.54, 1.807) is 17.9 Å². The molecule has 25 heavy (non-hydrogen) atoms. The molecule has 1 heterocycles. The van der Waals surface area contributed by atoms with Crippen LogP contribution in [0.15, 0.2) is 12.1 Å². The summed E-state index contributed by atoms with van der Waals surface area (Å²) in [5, 5.41) is 13.0. The number of nitro benzene ring substituents is 1. The van der Waals surface area contributed by atoms with Gasteiger partial charge in [0, 0.05) is 24.7 Å². The largest absolute Gasteiger partial charge is 0.405 e. The van der Waals surface area contributed by atoms with Gasteiger partial charge in [0.15, 0.2) is 0 Å². The Hall–Kier alpha value is -2.03. The Morgan fingerprint density at radius 3 is 2.76 bits per heavy atom. The highest BCUT2D eigenvalue weighted by Crippen LogP contribution is 2.35. The number of carbonyl (C=O) groups is 1. The van der Waals surface area contributed by atoms with Crippen molar-refractivity contribution in [1.82, 2.24) is 5.32 Å². The molecule has 1 aliphatic heterocycles. The van der Waals surface area contributed by atoms with Gasteiger partial charge in [0.1, 0.15) is 6.54 Å². The summed E-state index contributed by atoms with van der Waals surface area (Å²) < 4.78 is 36.7. The fourth-order valence-corrected chi connectivity index (χ4v) is 3.11. The fraction of sp³-hybridized carbons (Fsp3) is 0.533. The Kier molecular flexibility index (Phi) is 5.76. The maximum atomic E-state index is 12.2. The molecule has 1 unspecified atom stereocenters. The van der Waals surface area contributed by atoms with Gasteiger partial charge in [-0.05, 0) is 25.8 Å². The molecule has 0 aliphatic carbocycles. The molecule has 0 aromatic heterocycles. The maximum absolute atomic E-state index is 12.2. The van der Waals surface area contributed by atoms with Crippen LogP contribution in [0.25, 0.3) is 0 Å². The third kappa shape index (κ3) is 4.97. The summed E-state index contributed by atoms with van der Waals surface area (Å²) in [5.74, 6) is -1.25.